The third-order valence-electron chi connectivity index (χ3n) is 3.00. The summed E-state index contributed by atoms with van der Waals surface area (Å²) in [6.45, 7) is 2.33. The number of nitrogens with one attached hydrogen (secondary N) is 1. The number of ether oxygens (including phenoxy) is 1. The molecule has 0 atom stereocenters. The van der Waals surface area contributed by atoms with Gasteiger partial charge >= 0.3 is 0 Å². The summed E-state index contributed by atoms with van der Waals surface area (Å²) >= 11 is 16.9. The first-order chi connectivity index (χ1) is 10.9. The van der Waals surface area contributed by atoms with Gasteiger partial charge in [-0.3, -0.25) is 10.1 Å². The Morgan fingerprint density at radius 2 is 1.78 bits per heavy atom. The monoisotopic (exact) mass is 368 g/mol. The number of aryl methyl sites for hydroxylation is 1. The van der Waals surface area contributed by atoms with E-state index >= 15 is 0 Å². The molecule has 0 spiro atoms. The molecule has 4 nitrogen and oxygen atoms in total. The van der Waals surface area contributed by atoms with E-state index in [1.165, 1.54) is 12.1 Å². The third-order valence-corrected chi connectivity index (χ3v) is 3.66. The van der Waals surface area contributed by atoms with E-state index in [-0.39, 0.29) is 20.7 Å². The second kappa shape index (κ2) is 7.64. The van der Waals surface area contributed by atoms with Crippen molar-refractivity contribution in [1.29, 1.82) is 0 Å². The average Bonchev–Trinajstić information content (AvgIpc) is 2.47. The van der Waals surface area contributed by atoms with E-state index < -0.39 is 5.91 Å². The molecule has 0 aliphatic rings. The van der Waals surface area contributed by atoms with Crippen molar-refractivity contribution in [3.63, 3.8) is 0 Å². The van der Waals surface area contributed by atoms with Gasteiger partial charge in [-0.05, 0) is 36.8 Å². The third kappa shape index (κ3) is 4.82. The molecule has 0 aliphatic carbocycles. The summed E-state index contributed by atoms with van der Waals surface area (Å²) < 4.78 is 5.66. The van der Waals surface area contributed by atoms with Gasteiger partial charge < -0.3 is 10.5 Å². The highest BCUT2D eigenvalue weighted by Crippen LogP contribution is 2.34. The van der Waals surface area contributed by atoms with Crippen molar-refractivity contribution >= 4 is 46.4 Å². The van der Waals surface area contributed by atoms with Gasteiger partial charge in [-0.2, -0.15) is 0 Å². The predicted molar refractivity (Wildman–Crippen MR) is 96.2 cm³/mol. The summed E-state index contributed by atoms with van der Waals surface area (Å²) in [5, 5.41) is 2.65. The predicted octanol–water partition coefficient (Wildman–Crippen LogP) is 3.85. The first kappa shape index (κ1) is 17.5. The first-order valence-electron chi connectivity index (χ1n) is 6.65. The number of amides is 1. The molecule has 0 radical (unpaired) electrons. The van der Waals surface area contributed by atoms with Gasteiger partial charge in [0.05, 0.1) is 10.0 Å². The van der Waals surface area contributed by atoms with Gasteiger partial charge in [-0.25, -0.2) is 0 Å². The van der Waals surface area contributed by atoms with Crippen molar-refractivity contribution in [2.75, 3.05) is 0 Å². The van der Waals surface area contributed by atoms with Crippen LogP contribution in [0.25, 0.3) is 0 Å². The van der Waals surface area contributed by atoms with Crippen molar-refractivity contribution in [3.8, 4) is 5.75 Å². The molecule has 0 aliphatic heterocycles. The molecular formula is C16H14Cl2N2O2S. The highest BCUT2D eigenvalue weighted by Gasteiger charge is 2.14. The lowest BCUT2D eigenvalue weighted by molar-refractivity contribution is 0.0977. The zero-order valence-corrected chi connectivity index (χ0v) is 14.6. The Balaban J connectivity index is 2.15. The first-order valence-corrected chi connectivity index (χ1v) is 7.81. The van der Waals surface area contributed by atoms with Crippen LogP contribution < -0.4 is 15.8 Å². The highest BCUT2D eigenvalue weighted by molar-refractivity contribution is 7.80. The van der Waals surface area contributed by atoms with E-state index in [9.17, 15) is 4.79 Å². The number of benzene rings is 2. The maximum absolute atomic E-state index is 11.8. The zero-order chi connectivity index (χ0) is 17.0. The van der Waals surface area contributed by atoms with Crippen LogP contribution in [0.5, 0.6) is 5.75 Å². The van der Waals surface area contributed by atoms with Crippen molar-refractivity contribution in [3.05, 3.63) is 63.1 Å². The number of hydrogen-bond donors (Lipinski definition) is 2. The zero-order valence-electron chi connectivity index (χ0n) is 12.2. The standard InChI is InChI=1S/C16H14Cl2N2O2S/c1-9-2-4-10(5-3-9)8-22-14-12(17)6-11(7-13(14)18)15(21)20-16(19)23/h2-7H,8H2,1H3,(H3,19,20,21,23). The van der Waals surface area contributed by atoms with Crippen LogP contribution in [0.3, 0.4) is 0 Å². The molecule has 120 valence electrons. The molecule has 0 unspecified atom stereocenters. The molecule has 0 bridgehead atoms. The largest absolute Gasteiger partial charge is 0.486 e. The smallest absolute Gasteiger partial charge is 0.257 e. The van der Waals surface area contributed by atoms with Gasteiger partial charge in [0.2, 0.25) is 0 Å². The van der Waals surface area contributed by atoms with Gasteiger partial charge in [-0.1, -0.05) is 53.0 Å². The molecular weight excluding hydrogens is 355 g/mol. The average molecular weight is 369 g/mol. The van der Waals surface area contributed by atoms with Crippen molar-refractivity contribution in [2.24, 2.45) is 5.73 Å². The van der Waals surface area contributed by atoms with E-state index in [2.05, 4.69) is 17.5 Å². The molecule has 0 saturated carbocycles. The molecule has 0 aromatic heterocycles. The van der Waals surface area contributed by atoms with Crippen LogP contribution in [0.4, 0.5) is 0 Å². The molecule has 1 amide bonds. The molecule has 23 heavy (non-hydrogen) atoms. The minimum Gasteiger partial charge on any atom is -0.486 e. The highest BCUT2D eigenvalue weighted by atomic mass is 35.5. The Hall–Kier alpha value is -1.82. The van der Waals surface area contributed by atoms with Gasteiger partial charge in [0, 0.05) is 5.56 Å². The second-order valence-corrected chi connectivity index (χ2v) is 6.12. The topological polar surface area (TPSA) is 64.3 Å². The quantitative estimate of drug-likeness (QED) is 0.804. The fourth-order valence-corrected chi connectivity index (χ4v) is 2.54. The molecule has 7 heteroatoms. The minimum absolute atomic E-state index is 0.123. The summed E-state index contributed by atoms with van der Waals surface area (Å²) in [7, 11) is 0. The molecule has 0 saturated heterocycles. The lowest BCUT2D eigenvalue weighted by Crippen LogP contribution is -2.34. The number of nitrogens with two attached hydrogens (primary N) is 1. The number of carbonyl (C=O) groups excluding carboxylic acids is 1. The molecule has 3 N–H and O–H groups in total. The lowest BCUT2D eigenvalue weighted by atomic mass is 10.1. The van der Waals surface area contributed by atoms with Crippen molar-refractivity contribution < 1.29 is 9.53 Å². The SMILES string of the molecule is Cc1ccc(COc2c(Cl)cc(C(=O)NC(N)=S)cc2Cl)cc1. The summed E-state index contributed by atoms with van der Waals surface area (Å²) in [4.78, 5) is 11.8. The van der Waals surface area contributed by atoms with Crippen LogP contribution in [0, 0.1) is 6.92 Å². The number of rotatable bonds is 4. The normalized spacial score (nSPS) is 10.2. The Kier molecular flexibility index (Phi) is 5.82. The van der Waals surface area contributed by atoms with Gasteiger partial charge in [0.15, 0.2) is 10.9 Å². The fraction of sp³-hybridized carbons (Fsp3) is 0.125. The molecule has 2 aromatic rings. The Morgan fingerprint density at radius 3 is 2.30 bits per heavy atom. The number of carbonyl (C=O) groups is 1. The van der Waals surface area contributed by atoms with Crippen LogP contribution in [0.15, 0.2) is 36.4 Å². The maximum atomic E-state index is 11.8. The Labute approximate surface area is 149 Å². The van der Waals surface area contributed by atoms with E-state index in [0.717, 1.165) is 11.1 Å². The Bertz CT molecular complexity index is 725. The second-order valence-electron chi connectivity index (χ2n) is 4.86. The van der Waals surface area contributed by atoms with E-state index in [1.807, 2.05) is 31.2 Å². The van der Waals surface area contributed by atoms with Crippen LogP contribution in [-0.2, 0) is 6.61 Å². The van der Waals surface area contributed by atoms with Crippen molar-refractivity contribution in [1.82, 2.24) is 5.32 Å². The van der Waals surface area contributed by atoms with E-state index in [0.29, 0.717) is 12.4 Å². The molecule has 2 rings (SSSR count). The summed E-state index contributed by atoms with van der Waals surface area (Å²) in [5.41, 5.74) is 7.66. The number of hydrogen-bond acceptors (Lipinski definition) is 3. The Morgan fingerprint density at radius 1 is 1.22 bits per heavy atom. The van der Waals surface area contributed by atoms with Gasteiger partial charge in [0.1, 0.15) is 6.61 Å². The lowest BCUT2D eigenvalue weighted by Gasteiger charge is -2.12. The van der Waals surface area contributed by atoms with Crippen LogP contribution in [0.2, 0.25) is 10.0 Å². The number of halogens is 2. The number of thiocarbonyl (C=S) groups is 1. The summed E-state index contributed by atoms with van der Waals surface area (Å²) in [6, 6.07) is 10.8. The summed E-state index contributed by atoms with van der Waals surface area (Å²) in [6.07, 6.45) is 0. The molecule has 0 heterocycles. The molecule has 0 fully saturated rings. The van der Waals surface area contributed by atoms with E-state index in [1.54, 1.807) is 0 Å². The van der Waals surface area contributed by atoms with Gasteiger partial charge in [0.25, 0.3) is 5.91 Å². The molecule has 2 aromatic carbocycles. The van der Waals surface area contributed by atoms with Crippen LogP contribution in [0.1, 0.15) is 21.5 Å². The summed E-state index contributed by atoms with van der Waals surface area (Å²) in [5.74, 6) is -0.160. The maximum Gasteiger partial charge on any atom is 0.257 e. The van der Waals surface area contributed by atoms with E-state index in [4.69, 9.17) is 33.7 Å². The minimum atomic E-state index is -0.480. The van der Waals surface area contributed by atoms with Crippen LogP contribution >= 0.6 is 35.4 Å². The van der Waals surface area contributed by atoms with Crippen molar-refractivity contribution in [2.45, 2.75) is 13.5 Å². The fourth-order valence-electron chi connectivity index (χ4n) is 1.85. The van der Waals surface area contributed by atoms with Crippen LogP contribution in [-0.4, -0.2) is 11.0 Å². The van der Waals surface area contributed by atoms with Gasteiger partial charge in [-0.15, -0.1) is 0 Å².